The van der Waals surface area contributed by atoms with Crippen LogP contribution in [0.1, 0.15) is 34.9 Å². The summed E-state index contributed by atoms with van der Waals surface area (Å²) in [4.78, 5) is 19.0. The Hall–Kier alpha value is -2.95. The minimum Gasteiger partial charge on any atom is -0.383 e. The number of thiazole rings is 1. The number of nitrogens with zero attached hydrogens (tertiary/aromatic N) is 4. The maximum Gasteiger partial charge on any atom is 0.264 e. The van der Waals surface area contributed by atoms with Gasteiger partial charge >= 0.3 is 0 Å². The number of hydrogen-bond donors (Lipinski definition) is 0. The maximum absolute atomic E-state index is 12.9. The Bertz CT molecular complexity index is 1100. The Morgan fingerprint density at radius 2 is 2.13 bits per heavy atom. The van der Waals surface area contributed by atoms with Crippen LogP contribution in [0.2, 0.25) is 0 Å². The topological polar surface area (TPSA) is 71.2 Å². The van der Waals surface area contributed by atoms with E-state index in [1.165, 1.54) is 0 Å². The molecule has 0 saturated carbocycles. The van der Waals surface area contributed by atoms with E-state index in [0.717, 1.165) is 32.2 Å². The van der Waals surface area contributed by atoms with E-state index in [9.17, 15) is 10.1 Å². The summed E-state index contributed by atoms with van der Waals surface area (Å²) in [7, 11) is 3.38. The molecule has 3 rings (SSSR count). The maximum atomic E-state index is 12.9. The van der Waals surface area contributed by atoms with Gasteiger partial charge in [-0.1, -0.05) is 12.1 Å². The lowest BCUT2D eigenvalue weighted by atomic mass is 10.1. The molecule has 0 saturated heterocycles. The van der Waals surface area contributed by atoms with Gasteiger partial charge in [0.2, 0.25) is 0 Å². The number of nitriles is 1. The number of benzene rings is 1. The highest BCUT2D eigenvalue weighted by atomic mass is 32.1. The number of rotatable bonds is 7. The van der Waals surface area contributed by atoms with E-state index < -0.39 is 0 Å². The molecule has 1 amide bonds. The van der Waals surface area contributed by atoms with Gasteiger partial charge in [-0.05, 0) is 50.6 Å². The quantitative estimate of drug-likeness (QED) is 0.415. The number of aryl methyl sites for hydroxylation is 1. The zero-order chi connectivity index (χ0) is 21.8. The minimum atomic E-state index is -0.313. The number of aromatic nitrogens is 2. The zero-order valence-corrected chi connectivity index (χ0v) is 18.8. The predicted octanol–water partition coefficient (Wildman–Crippen LogP) is 4.49. The fourth-order valence-electron chi connectivity index (χ4n) is 3.71. The number of hydrogen-bond acceptors (Lipinski definition) is 5. The van der Waals surface area contributed by atoms with Crippen molar-refractivity contribution in [1.82, 2.24) is 14.5 Å². The van der Waals surface area contributed by atoms with Crippen LogP contribution < -0.4 is 0 Å². The molecule has 0 aliphatic carbocycles. The second-order valence-electron chi connectivity index (χ2n) is 7.41. The molecule has 1 aromatic carbocycles. The Morgan fingerprint density at radius 1 is 1.40 bits per heavy atom. The van der Waals surface area contributed by atoms with Gasteiger partial charge in [-0.25, -0.2) is 4.98 Å². The number of amides is 1. The van der Waals surface area contributed by atoms with Gasteiger partial charge in [0.25, 0.3) is 5.91 Å². The minimum absolute atomic E-state index is 0.109. The largest absolute Gasteiger partial charge is 0.383 e. The Balaban J connectivity index is 1.82. The molecule has 0 aliphatic heterocycles. The standard InChI is InChI=1S/C23H26N4O2S/c1-15-10-18(17(3)27(15)16(2)14-29-5)11-19(12-24)23(28)26(4)13-22-25-20-8-6-7-9-21(20)30-22/h6-11,16H,13-14H2,1-5H3/b19-11+. The van der Waals surface area contributed by atoms with E-state index >= 15 is 0 Å². The second-order valence-corrected chi connectivity index (χ2v) is 8.52. The fourth-order valence-corrected chi connectivity index (χ4v) is 4.73. The van der Waals surface area contributed by atoms with Crippen molar-refractivity contribution in [1.29, 1.82) is 5.26 Å². The first-order chi connectivity index (χ1) is 14.3. The van der Waals surface area contributed by atoms with Crippen LogP contribution in [0.25, 0.3) is 16.3 Å². The normalized spacial score (nSPS) is 12.7. The van der Waals surface area contributed by atoms with Gasteiger partial charge in [-0.15, -0.1) is 11.3 Å². The van der Waals surface area contributed by atoms with Crippen molar-refractivity contribution in [3.05, 3.63) is 57.9 Å². The highest BCUT2D eigenvalue weighted by Gasteiger charge is 2.19. The number of para-hydroxylation sites is 1. The predicted molar refractivity (Wildman–Crippen MR) is 120 cm³/mol. The second kappa shape index (κ2) is 9.24. The summed E-state index contributed by atoms with van der Waals surface area (Å²) in [5.74, 6) is -0.313. The molecule has 0 fully saturated rings. The van der Waals surface area contributed by atoms with Crippen molar-refractivity contribution >= 4 is 33.5 Å². The van der Waals surface area contributed by atoms with Gasteiger partial charge in [-0.2, -0.15) is 5.26 Å². The molecule has 1 atom stereocenters. The van der Waals surface area contributed by atoms with Gasteiger partial charge in [0.15, 0.2) is 0 Å². The lowest BCUT2D eigenvalue weighted by molar-refractivity contribution is -0.125. The summed E-state index contributed by atoms with van der Waals surface area (Å²) in [6.45, 7) is 7.05. The van der Waals surface area contributed by atoms with Crippen molar-refractivity contribution < 1.29 is 9.53 Å². The average Bonchev–Trinajstić information content (AvgIpc) is 3.24. The molecule has 156 valence electrons. The van der Waals surface area contributed by atoms with E-state index in [1.54, 1.807) is 36.5 Å². The molecule has 0 bridgehead atoms. The number of carbonyl (C=O) groups excluding carboxylic acids is 1. The SMILES string of the molecule is COCC(C)n1c(C)cc(/C=C(\C#N)C(=O)N(C)Cc2nc3ccccc3s2)c1C. The van der Waals surface area contributed by atoms with Crippen LogP contribution in [-0.4, -0.2) is 41.1 Å². The van der Waals surface area contributed by atoms with Crippen LogP contribution in [0.5, 0.6) is 0 Å². The molecular formula is C23H26N4O2S. The first-order valence-corrected chi connectivity index (χ1v) is 10.6. The van der Waals surface area contributed by atoms with E-state index in [2.05, 4.69) is 22.5 Å². The summed E-state index contributed by atoms with van der Waals surface area (Å²) < 4.78 is 8.52. The van der Waals surface area contributed by atoms with Crippen LogP contribution in [0.15, 0.2) is 35.9 Å². The average molecular weight is 423 g/mol. The van der Waals surface area contributed by atoms with Crippen molar-refractivity contribution in [2.24, 2.45) is 0 Å². The molecule has 0 spiro atoms. The smallest absolute Gasteiger partial charge is 0.264 e. The van der Waals surface area contributed by atoms with Crippen LogP contribution in [0.3, 0.4) is 0 Å². The number of carbonyl (C=O) groups is 1. The highest BCUT2D eigenvalue weighted by molar-refractivity contribution is 7.18. The van der Waals surface area contributed by atoms with Gasteiger partial charge in [0.05, 0.1) is 29.4 Å². The zero-order valence-electron chi connectivity index (χ0n) is 18.0. The summed E-state index contributed by atoms with van der Waals surface area (Å²) in [6, 6.07) is 12.1. The first-order valence-electron chi connectivity index (χ1n) is 9.74. The Labute approximate surface area is 181 Å². The molecule has 0 aliphatic rings. The number of methoxy groups -OCH3 is 1. The summed E-state index contributed by atoms with van der Waals surface area (Å²) in [5, 5.41) is 10.5. The molecule has 0 radical (unpaired) electrons. The number of ether oxygens (including phenoxy) is 1. The van der Waals surface area contributed by atoms with E-state index in [4.69, 9.17) is 4.74 Å². The van der Waals surface area contributed by atoms with E-state index in [0.29, 0.717) is 13.2 Å². The summed E-state index contributed by atoms with van der Waals surface area (Å²) >= 11 is 1.56. The van der Waals surface area contributed by atoms with Gasteiger partial charge in [0, 0.05) is 25.5 Å². The molecule has 7 heteroatoms. The molecule has 2 heterocycles. The fraction of sp³-hybridized carbons (Fsp3) is 0.348. The first kappa shape index (κ1) is 21.8. The highest BCUT2D eigenvalue weighted by Crippen LogP contribution is 2.25. The van der Waals surface area contributed by atoms with Crippen LogP contribution >= 0.6 is 11.3 Å². The van der Waals surface area contributed by atoms with Crippen molar-refractivity contribution in [3.8, 4) is 6.07 Å². The number of fused-ring (bicyclic) bond motifs is 1. The molecule has 3 aromatic rings. The molecule has 6 nitrogen and oxygen atoms in total. The Morgan fingerprint density at radius 3 is 2.80 bits per heavy atom. The van der Waals surface area contributed by atoms with Crippen LogP contribution in [-0.2, 0) is 16.1 Å². The van der Waals surface area contributed by atoms with E-state index in [1.807, 2.05) is 44.2 Å². The monoisotopic (exact) mass is 422 g/mol. The van der Waals surface area contributed by atoms with Gasteiger partial charge in [-0.3, -0.25) is 4.79 Å². The van der Waals surface area contributed by atoms with Crippen LogP contribution in [0, 0.1) is 25.2 Å². The van der Waals surface area contributed by atoms with Gasteiger partial charge in [0.1, 0.15) is 16.6 Å². The molecule has 1 unspecified atom stereocenters. The summed E-state index contributed by atoms with van der Waals surface area (Å²) in [5.41, 5.74) is 3.97. The lowest BCUT2D eigenvalue weighted by Gasteiger charge is -2.17. The molecule has 2 aromatic heterocycles. The molecule has 0 N–H and O–H groups in total. The van der Waals surface area contributed by atoms with Crippen molar-refractivity contribution in [2.45, 2.75) is 33.4 Å². The van der Waals surface area contributed by atoms with Gasteiger partial charge < -0.3 is 14.2 Å². The summed E-state index contributed by atoms with van der Waals surface area (Å²) in [6.07, 6.45) is 1.68. The Kier molecular flexibility index (Phi) is 6.70. The third-order valence-electron chi connectivity index (χ3n) is 5.08. The molecule has 30 heavy (non-hydrogen) atoms. The number of likely N-dealkylation sites (N-methyl/N-ethyl adjacent to an activating group) is 1. The van der Waals surface area contributed by atoms with Crippen molar-refractivity contribution in [3.63, 3.8) is 0 Å². The van der Waals surface area contributed by atoms with Crippen LogP contribution in [0.4, 0.5) is 0 Å². The van der Waals surface area contributed by atoms with E-state index in [-0.39, 0.29) is 17.5 Å². The third-order valence-corrected chi connectivity index (χ3v) is 6.10. The van der Waals surface area contributed by atoms with Crippen molar-refractivity contribution in [2.75, 3.05) is 20.8 Å². The molecular weight excluding hydrogens is 396 g/mol. The lowest BCUT2D eigenvalue weighted by Crippen LogP contribution is -2.27. The third kappa shape index (κ3) is 4.45.